The number of carboxylic acid groups (broad SMARTS) is 1. The Labute approximate surface area is 91.9 Å². The number of aliphatic carboxylic acids is 1. The fraction of sp³-hybridized carbons (Fsp3) is 0.909. The van der Waals surface area contributed by atoms with Crippen LogP contribution in [0.15, 0.2) is 0 Å². The summed E-state index contributed by atoms with van der Waals surface area (Å²) in [4.78, 5) is 15.5. The van der Waals surface area contributed by atoms with Gasteiger partial charge in [0.05, 0.1) is 5.92 Å². The molecule has 0 spiro atoms. The molecule has 1 N–H and O–H groups in total. The molecular weight excluding hydrogens is 192 g/mol. The topological polar surface area (TPSA) is 43.8 Å². The lowest BCUT2D eigenvalue weighted by Crippen LogP contribution is -2.55. The summed E-state index contributed by atoms with van der Waals surface area (Å²) in [7, 11) is 2.11. The zero-order valence-electron chi connectivity index (χ0n) is 10.1. The SMILES string of the molecule is CC(C(=O)O)C(C)N1CCN(C)CC1C. The summed E-state index contributed by atoms with van der Waals surface area (Å²) in [6, 6.07) is 0.562. The molecule has 4 heteroatoms. The van der Waals surface area contributed by atoms with Crippen LogP contribution in [0.5, 0.6) is 0 Å². The molecule has 0 aliphatic carbocycles. The van der Waals surface area contributed by atoms with Crippen LogP contribution >= 0.6 is 0 Å². The molecule has 15 heavy (non-hydrogen) atoms. The molecule has 0 saturated carbocycles. The minimum Gasteiger partial charge on any atom is -0.481 e. The van der Waals surface area contributed by atoms with Gasteiger partial charge in [0, 0.05) is 31.7 Å². The van der Waals surface area contributed by atoms with Gasteiger partial charge in [0.25, 0.3) is 0 Å². The standard InChI is InChI=1S/C11H22N2O2/c1-8-7-12(4)5-6-13(8)10(3)9(2)11(14)15/h8-10H,5-7H2,1-4H3,(H,14,15). The van der Waals surface area contributed by atoms with Crippen LogP contribution in [0.3, 0.4) is 0 Å². The summed E-state index contributed by atoms with van der Waals surface area (Å²) < 4.78 is 0. The molecule has 88 valence electrons. The lowest BCUT2D eigenvalue weighted by atomic mass is 9.99. The fourth-order valence-corrected chi connectivity index (χ4v) is 2.25. The lowest BCUT2D eigenvalue weighted by molar-refractivity contribution is -0.144. The second-order valence-corrected chi connectivity index (χ2v) is 4.72. The summed E-state index contributed by atoms with van der Waals surface area (Å²) in [6.45, 7) is 8.99. The first-order valence-corrected chi connectivity index (χ1v) is 5.60. The third-order valence-electron chi connectivity index (χ3n) is 3.52. The minimum absolute atomic E-state index is 0.117. The zero-order chi connectivity index (χ0) is 11.6. The van der Waals surface area contributed by atoms with Gasteiger partial charge in [0.1, 0.15) is 0 Å². The van der Waals surface area contributed by atoms with Gasteiger partial charge in [-0.05, 0) is 20.9 Å². The van der Waals surface area contributed by atoms with Crippen LogP contribution in [0.4, 0.5) is 0 Å². The Kier molecular flexibility index (Phi) is 4.11. The summed E-state index contributed by atoms with van der Waals surface area (Å²) in [5, 5.41) is 8.98. The number of likely N-dealkylation sites (N-methyl/N-ethyl adjacent to an activating group) is 1. The highest BCUT2D eigenvalue weighted by Gasteiger charge is 2.31. The van der Waals surface area contributed by atoms with Crippen molar-refractivity contribution in [1.29, 1.82) is 0 Å². The summed E-state index contributed by atoms with van der Waals surface area (Å²) in [6.07, 6.45) is 0. The average molecular weight is 214 g/mol. The number of hydrogen-bond donors (Lipinski definition) is 1. The van der Waals surface area contributed by atoms with E-state index in [1.807, 2.05) is 6.92 Å². The molecule has 1 rings (SSSR count). The van der Waals surface area contributed by atoms with Crippen molar-refractivity contribution in [1.82, 2.24) is 9.80 Å². The molecule has 0 amide bonds. The summed E-state index contributed by atoms with van der Waals surface area (Å²) in [5.41, 5.74) is 0. The third kappa shape index (κ3) is 2.92. The molecule has 0 aromatic carbocycles. The van der Waals surface area contributed by atoms with Crippen molar-refractivity contribution in [3.8, 4) is 0 Å². The predicted octanol–water partition coefficient (Wildman–Crippen LogP) is 0.732. The number of carbonyl (C=O) groups is 1. The zero-order valence-corrected chi connectivity index (χ0v) is 10.1. The van der Waals surface area contributed by atoms with Gasteiger partial charge in [-0.15, -0.1) is 0 Å². The largest absolute Gasteiger partial charge is 0.481 e. The van der Waals surface area contributed by atoms with E-state index in [2.05, 4.69) is 23.8 Å². The average Bonchev–Trinajstić information content (AvgIpc) is 2.15. The Morgan fingerprint density at radius 2 is 2.00 bits per heavy atom. The second kappa shape index (κ2) is 4.94. The number of hydrogen-bond acceptors (Lipinski definition) is 3. The highest BCUT2D eigenvalue weighted by atomic mass is 16.4. The van der Waals surface area contributed by atoms with Crippen molar-refractivity contribution in [3.05, 3.63) is 0 Å². The maximum Gasteiger partial charge on any atom is 0.307 e. The second-order valence-electron chi connectivity index (χ2n) is 4.72. The highest BCUT2D eigenvalue weighted by Crippen LogP contribution is 2.17. The molecule has 1 aliphatic rings. The normalized spacial score (nSPS) is 28.7. The number of piperazine rings is 1. The van der Waals surface area contributed by atoms with E-state index in [1.54, 1.807) is 6.92 Å². The molecule has 1 fully saturated rings. The Bertz CT molecular complexity index is 233. The third-order valence-corrected chi connectivity index (χ3v) is 3.52. The van der Waals surface area contributed by atoms with Crippen LogP contribution in [-0.2, 0) is 4.79 Å². The smallest absolute Gasteiger partial charge is 0.307 e. The highest BCUT2D eigenvalue weighted by molar-refractivity contribution is 5.70. The molecule has 0 bridgehead atoms. The van der Waals surface area contributed by atoms with E-state index >= 15 is 0 Å². The molecule has 1 aliphatic heterocycles. The monoisotopic (exact) mass is 214 g/mol. The number of rotatable bonds is 3. The van der Waals surface area contributed by atoms with E-state index < -0.39 is 5.97 Å². The van der Waals surface area contributed by atoms with Gasteiger partial charge in [0.2, 0.25) is 0 Å². The van der Waals surface area contributed by atoms with Gasteiger partial charge >= 0.3 is 5.97 Å². The Morgan fingerprint density at radius 1 is 1.40 bits per heavy atom. The van der Waals surface area contributed by atoms with Gasteiger partial charge in [-0.25, -0.2) is 0 Å². The summed E-state index contributed by atoms with van der Waals surface area (Å²) >= 11 is 0. The summed E-state index contributed by atoms with van der Waals surface area (Å²) in [5.74, 6) is -0.996. The van der Waals surface area contributed by atoms with Gasteiger partial charge < -0.3 is 10.0 Å². The quantitative estimate of drug-likeness (QED) is 0.752. The molecule has 3 unspecified atom stereocenters. The molecule has 3 atom stereocenters. The maximum absolute atomic E-state index is 10.9. The van der Waals surface area contributed by atoms with Crippen LogP contribution in [0.25, 0.3) is 0 Å². The minimum atomic E-state index is -0.700. The molecule has 0 aromatic rings. The molecule has 4 nitrogen and oxygen atoms in total. The Hall–Kier alpha value is -0.610. The number of carboxylic acids is 1. The molecule has 0 aromatic heterocycles. The van der Waals surface area contributed by atoms with E-state index in [0.717, 1.165) is 19.6 Å². The first kappa shape index (κ1) is 12.5. The van der Waals surface area contributed by atoms with Gasteiger partial charge in [-0.2, -0.15) is 0 Å². The van der Waals surface area contributed by atoms with E-state index in [4.69, 9.17) is 5.11 Å². The van der Waals surface area contributed by atoms with E-state index in [1.165, 1.54) is 0 Å². The molecular formula is C11H22N2O2. The van der Waals surface area contributed by atoms with Crippen molar-refractivity contribution in [2.45, 2.75) is 32.9 Å². The predicted molar refractivity (Wildman–Crippen MR) is 59.9 cm³/mol. The van der Waals surface area contributed by atoms with Crippen molar-refractivity contribution < 1.29 is 9.90 Å². The van der Waals surface area contributed by atoms with Crippen LogP contribution in [0, 0.1) is 5.92 Å². The van der Waals surface area contributed by atoms with Crippen molar-refractivity contribution in [2.75, 3.05) is 26.7 Å². The molecule has 1 heterocycles. The van der Waals surface area contributed by atoms with E-state index in [-0.39, 0.29) is 12.0 Å². The van der Waals surface area contributed by atoms with Gasteiger partial charge in [0.15, 0.2) is 0 Å². The fourth-order valence-electron chi connectivity index (χ4n) is 2.25. The van der Waals surface area contributed by atoms with Crippen LogP contribution in [0.1, 0.15) is 20.8 Å². The van der Waals surface area contributed by atoms with Crippen LogP contribution in [0.2, 0.25) is 0 Å². The van der Waals surface area contributed by atoms with Crippen LogP contribution < -0.4 is 0 Å². The first-order chi connectivity index (χ1) is 6.93. The lowest BCUT2D eigenvalue weighted by Gasteiger charge is -2.42. The van der Waals surface area contributed by atoms with Gasteiger partial charge in [-0.1, -0.05) is 6.92 Å². The van der Waals surface area contributed by atoms with Crippen molar-refractivity contribution in [3.63, 3.8) is 0 Å². The van der Waals surface area contributed by atoms with E-state index in [0.29, 0.717) is 6.04 Å². The van der Waals surface area contributed by atoms with Gasteiger partial charge in [-0.3, -0.25) is 9.69 Å². The van der Waals surface area contributed by atoms with Crippen molar-refractivity contribution in [2.24, 2.45) is 5.92 Å². The number of nitrogens with zero attached hydrogens (tertiary/aromatic N) is 2. The van der Waals surface area contributed by atoms with Crippen LogP contribution in [-0.4, -0.2) is 59.6 Å². The maximum atomic E-state index is 10.9. The Balaban J connectivity index is 2.59. The van der Waals surface area contributed by atoms with Crippen molar-refractivity contribution >= 4 is 5.97 Å². The van der Waals surface area contributed by atoms with E-state index in [9.17, 15) is 4.79 Å². The first-order valence-electron chi connectivity index (χ1n) is 5.60. The molecule has 1 saturated heterocycles. The Morgan fingerprint density at radius 3 is 2.47 bits per heavy atom. The molecule has 0 radical (unpaired) electrons.